The molecule has 4 aliphatic rings. The van der Waals surface area contributed by atoms with E-state index in [-0.39, 0.29) is 6.04 Å². The first-order valence-corrected chi connectivity index (χ1v) is 12.0. The summed E-state index contributed by atoms with van der Waals surface area (Å²) >= 11 is 0. The average molecular weight is 461 g/mol. The summed E-state index contributed by atoms with van der Waals surface area (Å²) in [4.78, 5) is 9.06. The van der Waals surface area contributed by atoms with Crippen LogP contribution in [0.15, 0.2) is 18.3 Å². The summed E-state index contributed by atoms with van der Waals surface area (Å²) in [6, 6.07) is 5.32. The van der Waals surface area contributed by atoms with Gasteiger partial charge in [-0.1, -0.05) is 0 Å². The maximum atomic E-state index is 13.3. The number of rotatable bonds is 4. The summed E-state index contributed by atoms with van der Waals surface area (Å²) in [5.41, 5.74) is 6.64. The second-order valence-corrected chi connectivity index (χ2v) is 10.8. The van der Waals surface area contributed by atoms with Crippen LogP contribution in [0.3, 0.4) is 0 Å². The highest BCUT2D eigenvalue weighted by molar-refractivity contribution is 5.63. The molecule has 2 bridgehead atoms. The lowest BCUT2D eigenvalue weighted by Gasteiger charge is -2.37. The Labute approximate surface area is 191 Å². The van der Waals surface area contributed by atoms with E-state index in [0.717, 1.165) is 23.8 Å². The Morgan fingerprint density at radius 1 is 1.03 bits per heavy atom. The molecule has 4 fully saturated rings. The largest absolute Gasteiger partial charge is 0.419 e. The van der Waals surface area contributed by atoms with Gasteiger partial charge in [-0.25, -0.2) is 4.98 Å². The van der Waals surface area contributed by atoms with Gasteiger partial charge in [0.25, 0.3) is 0 Å². The number of nitrogens with zero attached hydrogens (tertiary/aromatic N) is 5. The number of aromatic nitrogens is 3. The number of piperazine rings is 1. The molecule has 2 aromatic heterocycles. The second kappa shape index (κ2) is 7.18. The van der Waals surface area contributed by atoms with Crippen molar-refractivity contribution < 1.29 is 13.2 Å². The summed E-state index contributed by atoms with van der Waals surface area (Å²) in [5.74, 6) is 1.27. The molecular formula is C24H31F3N6. The van der Waals surface area contributed by atoms with E-state index < -0.39 is 17.6 Å². The van der Waals surface area contributed by atoms with E-state index in [1.54, 1.807) is 0 Å². The third-order valence-electron chi connectivity index (χ3n) is 8.56. The number of anilines is 1. The summed E-state index contributed by atoms with van der Waals surface area (Å²) in [6.07, 6.45) is 0.614. The van der Waals surface area contributed by atoms with Crippen LogP contribution in [0.5, 0.6) is 0 Å². The van der Waals surface area contributed by atoms with Gasteiger partial charge in [-0.2, -0.15) is 18.3 Å². The lowest BCUT2D eigenvalue weighted by molar-refractivity contribution is -0.137. The molecule has 9 heteroatoms. The van der Waals surface area contributed by atoms with Gasteiger partial charge in [0.1, 0.15) is 5.82 Å². The number of hydrogen-bond acceptors (Lipinski definition) is 5. The van der Waals surface area contributed by atoms with Crippen LogP contribution in [0.4, 0.5) is 19.0 Å². The van der Waals surface area contributed by atoms with Crippen LogP contribution in [0.2, 0.25) is 0 Å². The molecule has 6 nitrogen and oxygen atoms in total. The number of likely N-dealkylation sites (tertiary alicyclic amines) is 2. The predicted molar refractivity (Wildman–Crippen MR) is 120 cm³/mol. The minimum Gasteiger partial charge on any atom is -0.383 e. The number of nitrogens with two attached hydrogens (primary N) is 1. The molecule has 0 aromatic carbocycles. The summed E-state index contributed by atoms with van der Waals surface area (Å²) < 4.78 is 42.0. The van der Waals surface area contributed by atoms with Crippen LogP contribution in [0.1, 0.15) is 56.3 Å². The molecule has 0 radical (unpaired) electrons. The molecule has 2 aliphatic heterocycles. The number of halogens is 3. The fourth-order valence-corrected chi connectivity index (χ4v) is 6.92. The quantitative estimate of drug-likeness (QED) is 0.747. The van der Waals surface area contributed by atoms with Crippen LogP contribution < -0.4 is 5.73 Å². The Bertz CT molecular complexity index is 1060. The van der Waals surface area contributed by atoms with Crippen LogP contribution in [0.25, 0.3) is 11.3 Å². The zero-order valence-electron chi connectivity index (χ0n) is 19.3. The fourth-order valence-electron chi connectivity index (χ4n) is 6.92. The Morgan fingerprint density at radius 3 is 2.33 bits per heavy atom. The van der Waals surface area contributed by atoms with Crippen LogP contribution in [0, 0.1) is 11.8 Å². The number of nitrogen functional groups attached to an aromatic ring is 1. The average Bonchev–Trinajstić information content (AvgIpc) is 3.28. The van der Waals surface area contributed by atoms with Gasteiger partial charge < -0.3 is 10.6 Å². The highest BCUT2D eigenvalue weighted by atomic mass is 19.4. The van der Waals surface area contributed by atoms with Crippen LogP contribution in [-0.2, 0) is 6.18 Å². The molecular weight excluding hydrogens is 429 g/mol. The fraction of sp³-hybridized carbons (Fsp3) is 0.667. The zero-order chi connectivity index (χ0) is 23.2. The van der Waals surface area contributed by atoms with E-state index in [1.165, 1.54) is 38.5 Å². The van der Waals surface area contributed by atoms with E-state index in [1.807, 2.05) is 10.7 Å². The smallest absolute Gasteiger partial charge is 0.383 e. The molecule has 0 spiro atoms. The SMILES string of the molecule is CC(C)n1nc(-c2cnc(N)c(C(F)(F)F)c2)cc1[C@H]1[C@@H]2C[C@H](N3C[C@@H]4C[C@H]3CN4C)C[C@@H]21. The zero-order valence-corrected chi connectivity index (χ0v) is 19.3. The van der Waals surface area contributed by atoms with Gasteiger partial charge in [0.05, 0.1) is 11.3 Å². The minimum absolute atomic E-state index is 0.138. The van der Waals surface area contributed by atoms with Gasteiger partial charge in [0, 0.05) is 60.6 Å². The molecule has 2 aromatic rings. The molecule has 6 rings (SSSR count). The van der Waals surface area contributed by atoms with Gasteiger partial charge in [-0.3, -0.25) is 9.58 Å². The molecule has 0 amide bonds. The van der Waals surface area contributed by atoms with E-state index in [0.29, 0.717) is 35.1 Å². The molecule has 178 valence electrons. The Hall–Kier alpha value is -2.13. The van der Waals surface area contributed by atoms with E-state index in [4.69, 9.17) is 10.8 Å². The molecule has 2 saturated heterocycles. The maximum Gasteiger partial charge on any atom is 0.419 e. The predicted octanol–water partition coefficient (Wildman–Crippen LogP) is 4.01. The van der Waals surface area contributed by atoms with E-state index in [2.05, 4.69) is 35.7 Å². The summed E-state index contributed by atoms with van der Waals surface area (Å²) in [5, 5.41) is 4.71. The van der Waals surface area contributed by atoms with Crippen molar-refractivity contribution in [2.45, 2.75) is 69.4 Å². The van der Waals surface area contributed by atoms with Crippen molar-refractivity contribution in [3.05, 3.63) is 29.6 Å². The highest BCUT2D eigenvalue weighted by Gasteiger charge is 2.60. The number of alkyl halides is 3. The second-order valence-electron chi connectivity index (χ2n) is 10.8. The Balaban J connectivity index is 1.23. The summed E-state index contributed by atoms with van der Waals surface area (Å²) in [7, 11) is 2.24. The first kappa shape index (κ1) is 21.4. The third kappa shape index (κ3) is 3.38. The van der Waals surface area contributed by atoms with E-state index in [9.17, 15) is 13.2 Å². The molecule has 33 heavy (non-hydrogen) atoms. The number of hydrogen-bond donors (Lipinski definition) is 1. The number of fused-ring (bicyclic) bond motifs is 3. The number of likely N-dealkylation sites (N-methyl/N-ethyl adjacent to an activating group) is 1. The van der Waals surface area contributed by atoms with Gasteiger partial charge in [0.2, 0.25) is 0 Å². The molecule has 2 saturated carbocycles. The van der Waals surface area contributed by atoms with Gasteiger partial charge in [0.15, 0.2) is 0 Å². The summed E-state index contributed by atoms with van der Waals surface area (Å²) in [6.45, 7) is 6.54. The standard InChI is InChI=1S/C24H31F3N6/c1-12(2)33-21(8-20(30-33)13-4-19(24(25,26)27)23(28)29-9-13)22-17-6-14(7-18(17)22)32-11-15-5-16(32)10-31(15)3/h4,8-9,12,14-18,22H,5-7,10-11H2,1-3H3,(H2,28,29)/t14-,15-,16-,17+,18-,22-/m0/s1. The van der Waals surface area contributed by atoms with Crippen molar-refractivity contribution in [1.82, 2.24) is 24.6 Å². The first-order valence-electron chi connectivity index (χ1n) is 12.0. The molecule has 6 atom stereocenters. The first-order chi connectivity index (χ1) is 15.6. The normalized spacial score (nSPS) is 33.9. The molecule has 4 heterocycles. The van der Waals surface area contributed by atoms with Crippen molar-refractivity contribution in [1.29, 1.82) is 0 Å². The van der Waals surface area contributed by atoms with Gasteiger partial charge in [-0.15, -0.1) is 0 Å². The van der Waals surface area contributed by atoms with Crippen molar-refractivity contribution in [2.75, 3.05) is 25.9 Å². The topological polar surface area (TPSA) is 63.2 Å². The van der Waals surface area contributed by atoms with E-state index >= 15 is 0 Å². The third-order valence-corrected chi connectivity index (χ3v) is 8.56. The van der Waals surface area contributed by atoms with Gasteiger partial charge in [-0.05, 0) is 64.1 Å². The Morgan fingerprint density at radius 2 is 1.76 bits per heavy atom. The van der Waals surface area contributed by atoms with Crippen molar-refractivity contribution in [3.63, 3.8) is 0 Å². The van der Waals surface area contributed by atoms with Crippen LogP contribution >= 0.6 is 0 Å². The highest BCUT2D eigenvalue weighted by Crippen LogP contribution is 2.64. The van der Waals surface area contributed by atoms with Crippen molar-refractivity contribution in [2.24, 2.45) is 11.8 Å². The molecule has 2 N–H and O–H groups in total. The minimum atomic E-state index is -4.54. The molecule has 2 aliphatic carbocycles. The van der Waals surface area contributed by atoms with Crippen LogP contribution in [-0.4, -0.2) is 62.8 Å². The monoisotopic (exact) mass is 460 g/mol. The lowest BCUT2D eigenvalue weighted by Crippen LogP contribution is -2.48. The maximum absolute atomic E-state index is 13.3. The van der Waals surface area contributed by atoms with Gasteiger partial charge >= 0.3 is 6.18 Å². The lowest BCUT2D eigenvalue weighted by atomic mass is 10.0. The Kier molecular flexibility index (Phi) is 4.66. The molecule has 0 unspecified atom stereocenters. The van der Waals surface area contributed by atoms with Crippen molar-refractivity contribution in [3.8, 4) is 11.3 Å². The van der Waals surface area contributed by atoms with Crippen molar-refractivity contribution >= 4 is 5.82 Å². The number of pyridine rings is 1.